The summed E-state index contributed by atoms with van der Waals surface area (Å²) in [6.07, 6.45) is 0. The molecule has 3 rings (SSSR count). The minimum Gasteiger partial charge on any atom is -0.372 e. The molecule has 0 spiro atoms. The third-order valence-corrected chi connectivity index (χ3v) is 4.01. The van der Waals surface area contributed by atoms with Crippen molar-refractivity contribution in [3.05, 3.63) is 108 Å². The van der Waals surface area contributed by atoms with Crippen LogP contribution in [0, 0.1) is 0 Å². The van der Waals surface area contributed by atoms with Gasteiger partial charge in [-0.2, -0.15) is 0 Å². The van der Waals surface area contributed by atoms with E-state index in [1.807, 2.05) is 66.7 Å². The van der Waals surface area contributed by atoms with Crippen LogP contribution in [0.15, 0.2) is 91.0 Å². The standard InChI is InChI=1S/C21H19NO2/c23-20(22-16-17-10-4-1-5-11-17)21(24,18-12-6-2-7-13-18)19-14-8-3-9-15-19/h1-15,24H,16H2,(H,22,23). The van der Waals surface area contributed by atoms with Gasteiger partial charge in [0.05, 0.1) is 0 Å². The van der Waals surface area contributed by atoms with Crippen molar-refractivity contribution in [1.82, 2.24) is 5.32 Å². The fraction of sp³-hybridized carbons (Fsp3) is 0.0952. The van der Waals surface area contributed by atoms with E-state index in [9.17, 15) is 9.90 Å². The highest BCUT2D eigenvalue weighted by molar-refractivity contribution is 5.90. The van der Waals surface area contributed by atoms with Gasteiger partial charge in [-0.15, -0.1) is 0 Å². The molecule has 120 valence electrons. The SMILES string of the molecule is O=C(NCc1ccccc1)C(O)(c1ccccc1)c1ccccc1. The molecule has 2 N–H and O–H groups in total. The first-order chi connectivity index (χ1) is 11.7. The van der Waals surface area contributed by atoms with E-state index in [2.05, 4.69) is 5.32 Å². The summed E-state index contributed by atoms with van der Waals surface area (Å²) in [4.78, 5) is 12.9. The molecule has 0 radical (unpaired) electrons. The third kappa shape index (κ3) is 3.21. The van der Waals surface area contributed by atoms with Gasteiger partial charge in [0.1, 0.15) is 0 Å². The molecule has 3 aromatic carbocycles. The van der Waals surface area contributed by atoms with Gasteiger partial charge in [-0.05, 0) is 16.7 Å². The Labute approximate surface area is 141 Å². The molecule has 0 aliphatic rings. The van der Waals surface area contributed by atoms with E-state index >= 15 is 0 Å². The molecule has 0 aromatic heterocycles. The van der Waals surface area contributed by atoms with Gasteiger partial charge >= 0.3 is 0 Å². The van der Waals surface area contributed by atoms with E-state index in [1.165, 1.54) is 0 Å². The molecule has 1 amide bonds. The van der Waals surface area contributed by atoms with Gasteiger partial charge in [0.25, 0.3) is 5.91 Å². The molecule has 0 fully saturated rings. The first-order valence-corrected chi connectivity index (χ1v) is 7.87. The van der Waals surface area contributed by atoms with E-state index in [-0.39, 0.29) is 0 Å². The first-order valence-electron chi connectivity index (χ1n) is 7.87. The number of aliphatic hydroxyl groups is 1. The van der Waals surface area contributed by atoms with Gasteiger partial charge in [0.15, 0.2) is 5.60 Å². The zero-order valence-corrected chi connectivity index (χ0v) is 13.2. The molecule has 0 saturated heterocycles. The number of rotatable bonds is 5. The van der Waals surface area contributed by atoms with E-state index in [0.717, 1.165) is 5.56 Å². The van der Waals surface area contributed by atoms with Crippen molar-refractivity contribution in [2.45, 2.75) is 12.1 Å². The highest BCUT2D eigenvalue weighted by Gasteiger charge is 2.39. The lowest BCUT2D eigenvalue weighted by atomic mass is 9.85. The van der Waals surface area contributed by atoms with Gasteiger partial charge in [-0.1, -0.05) is 91.0 Å². The minimum atomic E-state index is -1.72. The number of carbonyl (C=O) groups excluding carboxylic acids is 1. The number of hydrogen-bond acceptors (Lipinski definition) is 2. The van der Waals surface area contributed by atoms with Crippen LogP contribution in [0.3, 0.4) is 0 Å². The summed E-state index contributed by atoms with van der Waals surface area (Å²) < 4.78 is 0. The summed E-state index contributed by atoms with van der Waals surface area (Å²) in [6.45, 7) is 0.363. The normalized spacial score (nSPS) is 11.0. The first kappa shape index (κ1) is 16.0. The van der Waals surface area contributed by atoms with Crippen molar-refractivity contribution in [1.29, 1.82) is 0 Å². The van der Waals surface area contributed by atoms with Crippen LogP contribution < -0.4 is 5.32 Å². The number of benzene rings is 3. The van der Waals surface area contributed by atoms with Crippen molar-refractivity contribution in [3.63, 3.8) is 0 Å². The Morgan fingerprint density at radius 1 is 0.750 bits per heavy atom. The van der Waals surface area contributed by atoms with Crippen molar-refractivity contribution < 1.29 is 9.90 Å². The van der Waals surface area contributed by atoms with Crippen LogP contribution in [-0.4, -0.2) is 11.0 Å². The van der Waals surface area contributed by atoms with E-state index in [1.54, 1.807) is 24.3 Å². The molecular formula is C21H19NO2. The average molecular weight is 317 g/mol. The Hall–Kier alpha value is -2.91. The summed E-state index contributed by atoms with van der Waals surface area (Å²) in [7, 11) is 0. The van der Waals surface area contributed by atoms with E-state index in [4.69, 9.17) is 0 Å². The Morgan fingerprint density at radius 2 is 1.17 bits per heavy atom. The maximum absolute atomic E-state index is 12.9. The smallest absolute Gasteiger partial charge is 0.261 e. The maximum Gasteiger partial charge on any atom is 0.261 e. The van der Waals surface area contributed by atoms with Gasteiger partial charge in [0.2, 0.25) is 0 Å². The largest absolute Gasteiger partial charge is 0.372 e. The van der Waals surface area contributed by atoms with Crippen LogP contribution in [0.4, 0.5) is 0 Å². The second-order valence-electron chi connectivity index (χ2n) is 5.61. The highest BCUT2D eigenvalue weighted by atomic mass is 16.3. The second kappa shape index (κ2) is 7.11. The fourth-order valence-corrected chi connectivity index (χ4v) is 2.69. The lowest BCUT2D eigenvalue weighted by molar-refractivity contribution is -0.136. The lowest BCUT2D eigenvalue weighted by Gasteiger charge is -2.28. The third-order valence-electron chi connectivity index (χ3n) is 4.01. The molecule has 0 saturated carbocycles. The molecule has 3 aromatic rings. The molecule has 3 heteroatoms. The molecule has 0 heterocycles. The Balaban J connectivity index is 1.92. The van der Waals surface area contributed by atoms with Crippen LogP contribution in [0.5, 0.6) is 0 Å². The summed E-state index contributed by atoms with van der Waals surface area (Å²) in [5.74, 6) is -0.441. The number of amides is 1. The van der Waals surface area contributed by atoms with Crippen LogP contribution in [0.2, 0.25) is 0 Å². The molecule has 24 heavy (non-hydrogen) atoms. The predicted octanol–water partition coefficient (Wildman–Crippen LogP) is 3.24. The summed E-state index contributed by atoms with van der Waals surface area (Å²) in [6, 6.07) is 27.6. The zero-order valence-electron chi connectivity index (χ0n) is 13.2. The van der Waals surface area contributed by atoms with Crippen molar-refractivity contribution in [3.8, 4) is 0 Å². The van der Waals surface area contributed by atoms with Crippen molar-refractivity contribution in [2.75, 3.05) is 0 Å². The van der Waals surface area contributed by atoms with E-state index in [0.29, 0.717) is 17.7 Å². The number of nitrogens with one attached hydrogen (secondary N) is 1. The van der Waals surface area contributed by atoms with E-state index < -0.39 is 11.5 Å². The topological polar surface area (TPSA) is 49.3 Å². The number of hydrogen-bond donors (Lipinski definition) is 2. The monoisotopic (exact) mass is 317 g/mol. The van der Waals surface area contributed by atoms with Gasteiger partial charge < -0.3 is 10.4 Å². The summed E-state index contributed by atoms with van der Waals surface area (Å²) >= 11 is 0. The molecular weight excluding hydrogens is 298 g/mol. The molecule has 0 bridgehead atoms. The van der Waals surface area contributed by atoms with Gasteiger partial charge in [-0.25, -0.2) is 0 Å². The fourth-order valence-electron chi connectivity index (χ4n) is 2.69. The van der Waals surface area contributed by atoms with Crippen molar-refractivity contribution in [2.24, 2.45) is 0 Å². The Morgan fingerprint density at radius 3 is 1.62 bits per heavy atom. The zero-order chi connectivity index (χ0) is 16.8. The molecule has 0 atom stereocenters. The quantitative estimate of drug-likeness (QED) is 0.759. The van der Waals surface area contributed by atoms with Gasteiger partial charge in [-0.3, -0.25) is 4.79 Å². The average Bonchev–Trinajstić information content (AvgIpc) is 2.67. The number of carbonyl (C=O) groups is 1. The van der Waals surface area contributed by atoms with Crippen LogP contribution in [-0.2, 0) is 16.9 Å². The van der Waals surface area contributed by atoms with Crippen LogP contribution >= 0.6 is 0 Å². The molecule has 0 unspecified atom stereocenters. The second-order valence-corrected chi connectivity index (χ2v) is 5.61. The molecule has 3 nitrogen and oxygen atoms in total. The Bertz CT molecular complexity index is 746. The van der Waals surface area contributed by atoms with Crippen molar-refractivity contribution >= 4 is 5.91 Å². The highest BCUT2D eigenvalue weighted by Crippen LogP contribution is 2.29. The molecule has 0 aliphatic heterocycles. The summed E-state index contributed by atoms with van der Waals surface area (Å²) in [5, 5.41) is 14.1. The minimum absolute atomic E-state index is 0.363. The summed E-state index contributed by atoms with van der Waals surface area (Å²) in [5.41, 5.74) is 0.343. The van der Waals surface area contributed by atoms with Crippen LogP contribution in [0.25, 0.3) is 0 Å². The predicted molar refractivity (Wildman–Crippen MR) is 94.2 cm³/mol. The molecule has 0 aliphatic carbocycles. The lowest BCUT2D eigenvalue weighted by Crippen LogP contribution is -2.45. The maximum atomic E-state index is 12.9. The van der Waals surface area contributed by atoms with Gasteiger partial charge in [0, 0.05) is 6.54 Å². The Kier molecular flexibility index (Phi) is 4.73. The van der Waals surface area contributed by atoms with Crippen LogP contribution in [0.1, 0.15) is 16.7 Å².